The number of amides is 1. The highest BCUT2D eigenvalue weighted by atomic mass is 16.4. The zero-order chi connectivity index (χ0) is 6.57. The summed E-state index contributed by atoms with van der Waals surface area (Å²) in [5.41, 5.74) is 0. The summed E-state index contributed by atoms with van der Waals surface area (Å²) in [4.78, 5) is 9.89. The molecule has 0 aliphatic rings. The molecular weight excluding hydrogens is 108 g/mol. The lowest BCUT2D eigenvalue weighted by atomic mass is 10.5. The van der Waals surface area contributed by atoms with E-state index in [0.29, 0.717) is 6.54 Å². The maximum Gasteiger partial charge on any atom is 0.421 e. The molecule has 0 bridgehead atoms. The van der Waals surface area contributed by atoms with Crippen LogP contribution in [0.25, 0.3) is 0 Å². The van der Waals surface area contributed by atoms with Gasteiger partial charge in [-0.25, -0.2) is 15.6 Å². The molecule has 0 heterocycles. The summed E-state index contributed by atoms with van der Waals surface area (Å²) >= 11 is 0. The van der Waals surface area contributed by atoms with Gasteiger partial charge in [0.1, 0.15) is 0 Å². The smallest absolute Gasteiger partial charge is 0.421 e. The van der Waals surface area contributed by atoms with Crippen molar-refractivity contribution in [1.29, 1.82) is 0 Å². The average Bonchev–Trinajstić information content (AvgIpc) is 1.67. The van der Waals surface area contributed by atoms with Crippen molar-refractivity contribution >= 4 is 6.09 Å². The Balaban J connectivity index is 3.32. The molecule has 0 aromatic rings. The molecule has 4 nitrogen and oxygen atoms in total. The van der Waals surface area contributed by atoms with E-state index in [1.807, 2.05) is 6.92 Å². The molecule has 0 aliphatic heterocycles. The van der Waals surface area contributed by atoms with Gasteiger partial charge in [-0.3, -0.25) is 0 Å². The van der Waals surface area contributed by atoms with Crippen molar-refractivity contribution in [2.75, 3.05) is 6.54 Å². The number of hydrogen-bond donors (Lipinski definition) is 2. The van der Waals surface area contributed by atoms with E-state index in [1.54, 1.807) is 0 Å². The van der Waals surface area contributed by atoms with Crippen molar-refractivity contribution in [3.05, 3.63) is 0 Å². The highest BCUT2D eigenvalue weighted by Gasteiger charge is 2.01. The Bertz CT molecular complexity index is 84.1. The van der Waals surface area contributed by atoms with E-state index in [0.717, 1.165) is 11.4 Å². The summed E-state index contributed by atoms with van der Waals surface area (Å²) in [6.07, 6.45) is -0.324. The number of hydrazine groups is 1. The van der Waals surface area contributed by atoms with Gasteiger partial charge in [0, 0.05) is 6.54 Å². The van der Waals surface area contributed by atoms with Crippen molar-refractivity contribution in [2.24, 2.45) is 5.84 Å². The maximum atomic E-state index is 9.89. The Hall–Kier alpha value is -0.770. The van der Waals surface area contributed by atoms with E-state index in [4.69, 9.17) is 10.9 Å². The number of rotatable bonds is 2. The largest absolute Gasteiger partial charge is 0.464 e. The predicted molar refractivity (Wildman–Crippen MR) is 29.2 cm³/mol. The van der Waals surface area contributed by atoms with Gasteiger partial charge >= 0.3 is 6.09 Å². The summed E-state index contributed by atoms with van der Waals surface area (Å²) < 4.78 is 0. The van der Waals surface area contributed by atoms with Gasteiger partial charge in [0.2, 0.25) is 0 Å². The molecule has 0 aliphatic carbocycles. The molecule has 0 atom stereocenters. The van der Waals surface area contributed by atoms with Gasteiger partial charge in [0.25, 0.3) is 0 Å². The molecular formula is C4H10N2O2. The van der Waals surface area contributed by atoms with Crippen molar-refractivity contribution in [2.45, 2.75) is 13.3 Å². The molecule has 3 N–H and O–H groups in total. The first-order chi connectivity index (χ1) is 3.68. The molecule has 4 heteroatoms. The molecule has 0 aromatic carbocycles. The highest BCUT2D eigenvalue weighted by molar-refractivity contribution is 5.63. The van der Waals surface area contributed by atoms with Crippen LogP contribution < -0.4 is 5.84 Å². The number of carboxylic acid groups (broad SMARTS) is 1. The second-order valence-corrected chi connectivity index (χ2v) is 1.48. The second kappa shape index (κ2) is 3.26. The third-order valence-corrected chi connectivity index (χ3v) is 0.710. The summed E-state index contributed by atoms with van der Waals surface area (Å²) in [7, 11) is 0. The van der Waals surface area contributed by atoms with E-state index < -0.39 is 6.09 Å². The SMILES string of the molecule is CCCN(N)C(=O)O. The standard InChI is InChI=1S/C4H10N2O2/c1-2-3-6(5)4(7)8/h2-3,5H2,1H3,(H,7,8). The van der Waals surface area contributed by atoms with Crippen molar-refractivity contribution in [3.8, 4) is 0 Å². The van der Waals surface area contributed by atoms with Gasteiger partial charge in [-0.1, -0.05) is 6.92 Å². The molecule has 0 radical (unpaired) electrons. The molecule has 48 valence electrons. The topological polar surface area (TPSA) is 66.6 Å². The number of nitrogens with two attached hydrogens (primary N) is 1. The fraction of sp³-hybridized carbons (Fsp3) is 0.750. The quantitative estimate of drug-likeness (QED) is 0.310. The van der Waals surface area contributed by atoms with E-state index in [2.05, 4.69) is 0 Å². The minimum Gasteiger partial charge on any atom is -0.464 e. The minimum absolute atomic E-state index is 0.398. The van der Waals surface area contributed by atoms with E-state index >= 15 is 0 Å². The van der Waals surface area contributed by atoms with Crippen molar-refractivity contribution in [1.82, 2.24) is 5.01 Å². The Morgan fingerprint density at radius 3 is 2.50 bits per heavy atom. The number of hydrogen-bond acceptors (Lipinski definition) is 2. The lowest BCUT2D eigenvalue weighted by Gasteiger charge is -2.08. The van der Waals surface area contributed by atoms with Gasteiger partial charge < -0.3 is 5.11 Å². The molecule has 0 unspecified atom stereocenters. The molecule has 0 rings (SSSR count). The average molecular weight is 118 g/mol. The van der Waals surface area contributed by atoms with Gasteiger partial charge in [0.05, 0.1) is 0 Å². The zero-order valence-electron chi connectivity index (χ0n) is 4.79. The van der Waals surface area contributed by atoms with Crippen LogP contribution in [0.3, 0.4) is 0 Å². The fourth-order valence-electron chi connectivity index (χ4n) is 0.337. The summed E-state index contributed by atoms with van der Waals surface area (Å²) in [6.45, 7) is 2.26. The molecule has 0 aromatic heterocycles. The lowest BCUT2D eigenvalue weighted by molar-refractivity contribution is 0.146. The lowest BCUT2D eigenvalue weighted by Crippen LogP contribution is -2.36. The first-order valence-corrected chi connectivity index (χ1v) is 2.43. The van der Waals surface area contributed by atoms with E-state index in [1.165, 1.54) is 0 Å². The van der Waals surface area contributed by atoms with Crippen LogP contribution in [0.1, 0.15) is 13.3 Å². The first kappa shape index (κ1) is 7.23. The second-order valence-electron chi connectivity index (χ2n) is 1.48. The Morgan fingerprint density at radius 2 is 2.38 bits per heavy atom. The van der Waals surface area contributed by atoms with Crippen LogP contribution in [0, 0.1) is 0 Å². The van der Waals surface area contributed by atoms with Crippen LogP contribution in [0.15, 0.2) is 0 Å². The predicted octanol–water partition coefficient (Wildman–Crippen LogP) is 0.250. The van der Waals surface area contributed by atoms with Crippen molar-refractivity contribution in [3.63, 3.8) is 0 Å². The minimum atomic E-state index is -1.08. The Morgan fingerprint density at radius 1 is 1.88 bits per heavy atom. The number of carbonyl (C=O) groups is 1. The third kappa shape index (κ3) is 2.41. The van der Waals surface area contributed by atoms with Crippen LogP contribution in [0.2, 0.25) is 0 Å². The Kier molecular flexibility index (Phi) is 2.95. The maximum absolute atomic E-state index is 9.89. The van der Waals surface area contributed by atoms with Crippen LogP contribution in [0.4, 0.5) is 4.79 Å². The van der Waals surface area contributed by atoms with E-state index in [-0.39, 0.29) is 0 Å². The van der Waals surface area contributed by atoms with Gasteiger partial charge in [-0.2, -0.15) is 0 Å². The first-order valence-electron chi connectivity index (χ1n) is 2.43. The normalized spacial score (nSPS) is 8.75. The third-order valence-electron chi connectivity index (χ3n) is 0.710. The van der Waals surface area contributed by atoms with Crippen molar-refractivity contribution < 1.29 is 9.90 Å². The van der Waals surface area contributed by atoms with Gasteiger partial charge in [-0.05, 0) is 6.42 Å². The molecule has 0 saturated heterocycles. The molecule has 8 heavy (non-hydrogen) atoms. The van der Waals surface area contributed by atoms with Crippen LogP contribution in [-0.2, 0) is 0 Å². The highest BCUT2D eigenvalue weighted by Crippen LogP contribution is 1.81. The molecule has 1 amide bonds. The monoisotopic (exact) mass is 118 g/mol. The molecule has 0 saturated carbocycles. The van der Waals surface area contributed by atoms with Gasteiger partial charge in [-0.15, -0.1) is 0 Å². The molecule has 0 spiro atoms. The summed E-state index contributed by atoms with van der Waals surface area (Å²) in [5.74, 6) is 4.96. The Labute approximate surface area is 47.9 Å². The van der Waals surface area contributed by atoms with Crippen LogP contribution >= 0.6 is 0 Å². The molecule has 0 fully saturated rings. The zero-order valence-corrected chi connectivity index (χ0v) is 4.79. The fourth-order valence-corrected chi connectivity index (χ4v) is 0.337. The summed E-state index contributed by atoms with van der Waals surface area (Å²) in [5, 5.41) is 8.88. The van der Waals surface area contributed by atoms with E-state index in [9.17, 15) is 4.79 Å². The van der Waals surface area contributed by atoms with Crippen LogP contribution in [-0.4, -0.2) is 22.8 Å². The number of nitrogens with zero attached hydrogens (tertiary/aromatic N) is 1. The summed E-state index contributed by atoms with van der Waals surface area (Å²) in [6, 6.07) is 0. The van der Waals surface area contributed by atoms with Crippen LogP contribution in [0.5, 0.6) is 0 Å². The van der Waals surface area contributed by atoms with Gasteiger partial charge in [0.15, 0.2) is 0 Å².